The van der Waals surface area contributed by atoms with Gasteiger partial charge >= 0.3 is 0 Å². The minimum Gasteiger partial charge on any atom is -0.307 e. The minimum absolute atomic E-state index is 0.764. The average molecular weight is 145 g/mol. The zero-order chi connectivity index (χ0) is 7.68. The van der Waals surface area contributed by atoms with Gasteiger partial charge < -0.3 is 5.41 Å². The number of hydrogen-bond donors (Lipinski definition) is 2. The highest BCUT2D eigenvalue weighted by atomic mass is 15.1. The standard InChI is InChI=1S/C8H7N3/c9-5-8-6-3-1-2-4-7(6)10-11-8/h1-5,9H,(H,10,11). The summed E-state index contributed by atoms with van der Waals surface area (Å²) in [5.41, 5.74) is 1.67. The first-order chi connectivity index (χ1) is 5.42. The topological polar surface area (TPSA) is 52.5 Å². The molecule has 0 radical (unpaired) electrons. The van der Waals surface area contributed by atoms with Gasteiger partial charge in [-0.15, -0.1) is 0 Å². The van der Waals surface area contributed by atoms with E-state index in [1.54, 1.807) is 0 Å². The predicted octanol–water partition coefficient (Wildman–Crippen LogP) is 1.56. The van der Waals surface area contributed by atoms with Gasteiger partial charge in [0, 0.05) is 11.6 Å². The van der Waals surface area contributed by atoms with Crippen LogP contribution in [0.25, 0.3) is 10.9 Å². The lowest BCUT2D eigenvalue weighted by atomic mass is 10.2. The lowest BCUT2D eigenvalue weighted by Crippen LogP contribution is -1.77. The van der Waals surface area contributed by atoms with Crippen LogP contribution >= 0.6 is 0 Å². The molecule has 11 heavy (non-hydrogen) atoms. The number of aromatic nitrogens is 2. The normalized spacial score (nSPS) is 10.2. The maximum absolute atomic E-state index is 7.05. The zero-order valence-corrected chi connectivity index (χ0v) is 5.83. The van der Waals surface area contributed by atoms with E-state index in [-0.39, 0.29) is 0 Å². The molecule has 0 fully saturated rings. The van der Waals surface area contributed by atoms with Crippen molar-refractivity contribution < 1.29 is 0 Å². The van der Waals surface area contributed by atoms with E-state index in [2.05, 4.69) is 10.2 Å². The van der Waals surface area contributed by atoms with Crippen LogP contribution in [0.1, 0.15) is 5.69 Å². The SMILES string of the molecule is N=Cc1[nH]nc2ccccc12. The third-order valence-electron chi connectivity index (χ3n) is 1.64. The van der Waals surface area contributed by atoms with Gasteiger partial charge in [0.25, 0.3) is 0 Å². The molecule has 0 aliphatic carbocycles. The fraction of sp³-hybridized carbons (Fsp3) is 0. The Hall–Kier alpha value is -1.64. The number of benzene rings is 1. The molecule has 0 aliphatic rings. The highest BCUT2D eigenvalue weighted by Crippen LogP contribution is 2.12. The molecule has 1 aromatic heterocycles. The van der Waals surface area contributed by atoms with Gasteiger partial charge in [0.05, 0.1) is 11.2 Å². The molecule has 0 saturated heterocycles. The van der Waals surface area contributed by atoms with Crippen LogP contribution in [0.3, 0.4) is 0 Å². The molecule has 3 heteroatoms. The molecule has 2 rings (SSSR count). The van der Waals surface area contributed by atoms with E-state index in [9.17, 15) is 0 Å². The highest BCUT2D eigenvalue weighted by Gasteiger charge is 1.98. The number of nitrogens with one attached hydrogen (secondary N) is 2. The minimum atomic E-state index is 0.764. The molecule has 0 bridgehead atoms. The van der Waals surface area contributed by atoms with Crippen LogP contribution < -0.4 is 0 Å². The molecule has 1 heterocycles. The summed E-state index contributed by atoms with van der Waals surface area (Å²) in [7, 11) is 0. The van der Waals surface area contributed by atoms with Crippen molar-refractivity contribution in [2.75, 3.05) is 0 Å². The summed E-state index contributed by atoms with van der Waals surface area (Å²) in [6.45, 7) is 0. The van der Waals surface area contributed by atoms with Crippen molar-refractivity contribution in [2.45, 2.75) is 0 Å². The monoisotopic (exact) mass is 145 g/mol. The fourth-order valence-corrected chi connectivity index (χ4v) is 1.09. The van der Waals surface area contributed by atoms with Crippen molar-refractivity contribution in [3.63, 3.8) is 0 Å². The maximum atomic E-state index is 7.05. The van der Waals surface area contributed by atoms with E-state index in [0.717, 1.165) is 16.6 Å². The first-order valence-electron chi connectivity index (χ1n) is 3.35. The number of fused-ring (bicyclic) bond motifs is 1. The van der Waals surface area contributed by atoms with Crippen molar-refractivity contribution in [3.05, 3.63) is 30.0 Å². The van der Waals surface area contributed by atoms with Gasteiger partial charge in [0.1, 0.15) is 0 Å². The smallest absolute Gasteiger partial charge is 0.0927 e. The fourth-order valence-electron chi connectivity index (χ4n) is 1.09. The molecule has 0 unspecified atom stereocenters. The second-order valence-electron chi connectivity index (χ2n) is 2.30. The Morgan fingerprint density at radius 3 is 3.00 bits per heavy atom. The Bertz CT molecular complexity index is 389. The first-order valence-corrected chi connectivity index (χ1v) is 3.35. The Morgan fingerprint density at radius 2 is 2.18 bits per heavy atom. The van der Waals surface area contributed by atoms with E-state index in [0.29, 0.717) is 0 Å². The Kier molecular flexibility index (Phi) is 1.22. The predicted molar refractivity (Wildman–Crippen MR) is 44.0 cm³/mol. The molecule has 2 aromatic rings. The second kappa shape index (κ2) is 2.20. The largest absolute Gasteiger partial charge is 0.307 e. The Balaban J connectivity index is 2.86. The van der Waals surface area contributed by atoms with Crippen molar-refractivity contribution in [2.24, 2.45) is 0 Å². The van der Waals surface area contributed by atoms with Crippen LogP contribution in [0.15, 0.2) is 24.3 Å². The number of aromatic amines is 1. The lowest BCUT2D eigenvalue weighted by molar-refractivity contribution is 1.11. The van der Waals surface area contributed by atoms with Crippen LogP contribution in [0.4, 0.5) is 0 Å². The summed E-state index contributed by atoms with van der Waals surface area (Å²) in [4.78, 5) is 0. The van der Waals surface area contributed by atoms with Crippen molar-refractivity contribution in [1.82, 2.24) is 10.2 Å². The van der Waals surface area contributed by atoms with Gasteiger partial charge in [0.15, 0.2) is 0 Å². The molecule has 3 nitrogen and oxygen atoms in total. The Morgan fingerprint density at radius 1 is 1.36 bits per heavy atom. The molecular weight excluding hydrogens is 138 g/mol. The molecule has 0 saturated carbocycles. The van der Waals surface area contributed by atoms with Gasteiger partial charge in [-0.1, -0.05) is 18.2 Å². The molecule has 2 N–H and O–H groups in total. The maximum Gasteiger partial charge on any atom is 0.0927 e. The Labute approximate surface area is 63.6 Å². The number of para-hydroxylation sites is 1. The number of nitrogens with zero attached hydrogens (tertiary/aromatic N) is 1. The van der Waals surface area contributed by atoms with Crippen molar-refractivity contribution in [3.8, 4) is 0 Å². The number of H-pyrrole nitrogens is 1. The second-order valence-corrected chi connectivity index (χ2v) is 2.30. The third-order valence-corrected chi connectivity index (χ3v) is 1.64. The summed E-state index contributed by atoms with van der Waals surface area (Å²) in [5.74, 6) is 0. The summed E-state index contributed by atoms with van der Waals surface area (Å²) in [5, 5.41) is 14.8. The van der Waals surface area contributed by atoms with Gasteiger partial charge in [-0.3, -0.25) is 5.10 Å². The van der Waals surface area contributed by atoms with Gasteiger partial charge in [-0.25, -0.2) is 0 Å². The quantitative estimate of drug-likeness (QED) is 0.588. The van der Waals surface area contributed by atoms with Crippen LogP contribution in [-0.4, -0.2) is 16.4 Å². The first kappa shape index (κ1) is 6.09. The number of rotatable bonds is 1. The van der Waals surface area contributed by atoms with Crippen LogP contribution in [0.5, 0.6) is 0 Å². The molecular formula is C8H7N3. The lowest BCUT2D eigenvalue weighted by Gasteiger charge is -1.85. The van der Waals surface area contributed by atoms with Crippen LogP contribution in [0, 0.1) is 5.41 Å². The molecule has 0 atom stereocenters. The van der Waals surface area contributed by atoms with Gasteiger partial charge in [-0.2, -0.15) is 5.10 Å². The summed E-state index contributed by atoms with van der Waals surface area (Å²) >= 11 is 0. The summed E-state index contributed by atoms with van der Waals surface area (Å²) < 4.78 is 0. The van der Waals surface area contributed by atoms with Gasteiger partial charge in [-0.05, 0) is 6.07 Å². The van der Waals surface area contributed by atoms with E-state index < -0.39 is 0 Å². The van der Waals surface area contributed by atoms with Crippen molar-refractivity contribution >= 4 is 17.1 Å². The van der Waals surface area contributed by atoms with E-state index >= 15 is 0 Å². The highest BCUT2D eigenvalue weighted by molar-refractivity contribution is 5.95. The van der Waals surface area contributed by atoms with Gasteiger partial charge in [0.2, 0.25) is 0 Å². The molecule has 1 aromatic carbocycles. The van der Waals surface area contributed by atoms with E-state index in [1.807, 2.05) is 24.3 Å². The molecule has 0 amide bonds. The van der Waals surface area contributed by atoms with Crippen LogP contribution in [-0.2, 0) is 0 Å². The van der Waals surface area contributed by atoms with E-state index in [4.69, 9.17) is 5.41 Å². The van der Waals surface area contributed by atoms with Crippen molar-refractivity contribution in [1.29, 1.82) is 5.41 Å². The van der Waals surface area contributed by atoms with E-state index in [1.165, 1.54) is 6.21 Å². The zero-order valence-electron chi connectivity index (χ0n) is 5.83. The summed E-state index contributed by atoms with van der Waals surface area (Å²) in [6.07, 6.45) is 1.27. The molecule has 0 spiro atoms. The van der Waals surface area contributed by atoms with Crippen LogP contribution in [0.2, 0.25) is 0 Å². The summed E-state index contributed by atoms with van der Waals surface area (Å²) in [6, 6.07) is 7.72. The third kappa shape index (κ3) is 0.816. The molecule has 54 valence electrons. The number of hydrogen-bond acceptors (Lipinski definition) is 2. The average Bonchev–Trinajstić information content (AvgIpc) is 2.47. The molecule has 0 aliphatic heterocycles.